The molecule has 0 bridgehead atoms. The van der Waals surface area contributed by atoms with E-state index in [0.29, 0.717) is 0 Å². The van der Waals surface area contributed by atoms with E-state index in [2.05, 4.69) is 15.5 Å². The molecule has 14 heavy (non-hydrogen) atoms. The molecule has 1 fully saturated rings. The highest BCUT2D eigenvalue weighted by Gasteiger charge is 2.34. The molecular weight excluding hydrogens is 180 g/mol. The molecule has 1 unspecified atom stereocenters. The first-order valence-corrected chi connectivity index (χ1v) is 4.91. The van der Waals surface area contributed by atoms with Crippen LogP contribution in [0.3, 0.4) is 0 Å². The first-order chi connectivity index (χ1) is 6.74. The third-order valence-corrected chi connectivity index (χ3v) is 2.87. The number of hydrogen-bond donors (Lipinski definition) is 2. The van der Waals surface area contributed by atoms with Gasteiger partial charge in [0, 0.05) is 25.4 Å². The largest absolute Gasteiger partial charge is 0.396 e. The molecule has 1 atom stereocenters. The summed E-state index contributed by atoms with van der Waals surface area (Å²) in [7, 11) is 1.81. The van der Waals surface area contributed by atoms with Gasteiger partial charge in [-0.2, -0.15) is 15.0 Å². The Morgan fingerprint density at radius 3 is 3.07 bits per heavy atom. The first kappa shape index (κ1) is 9.61. The van der Waals surface area contributed by atoms with E-state index in [-0.39, 0.29) is 12.0 Å². The monoisotopic (exact) mass is 196 g/mol. The molecule has 2 N–H and O–H groups in total. The summed E-state index contributed by atoms with van der Waals surface area (Å²) in [5, 5.41) is 20.9. The highest BCUT2D eigenvalue weighted by atomic mass is 16.3. The maximum atomic E-state index is 9.39. The quantitative estimate of drug-likeness (QED) is 0.673. The molecule has 0 spiro atoms. The van der Waals surface area contributed by atoms with Crippen molar-refractivity contribution in [3.05, 3.63) is 11.9 Å². The number of nitrogens with one attached hydrogen (secondary N) is 1. The van der Waals surface area contributed by atoms with E-state index in [1.54, 1.807) is 11.0 Å². The van der Waals surface area contributed by atoms with E-state index >= 15 is 0 Å². The Bertz CT molecular complexity index is 304. The topological polar surface area (TPSA) is 63.0 Å². The molecule has 2 heterocycles. The number of aliphatic hydroxyl groups excluding tert-OH is 1. The van der Waals surface area contributed by atoms with Gasteiger partial charge in [0.05, 0.1) is 18.5 Å². The summed E-state index contributed by atoms with van der Waals surface area (Å²) >= 11 is 0. The smallest absolute Gasteiger partial charge is 0.0834 e. The van der Waals surface area contributed by atoms with Gasteiger partial charge in [0.15, 0.2) is 0 Å². The van der Waals surface area contributed by atoms with Crippen LogP contribution in [0.15, 0.2) is 6.20 Å². The van der Waals surface area contributed by atoms with Crippen LogP contribution in [0.25, 0.3) is 0 Å². The predicted molar refractivity (Wildman–Crippen MR) is 51.7 cm³/mol. The summed E-state index contributed by atoms with van der Waals surface area (Å²) in [5.41, 5.74) is 0.945. The molecule has 5 nitrogen and oxygen atoms in total. The number of rotatable bonds is 3. The average molecular weight is 196 g/mol. The van der Waals surface area contributed by atoms with E-state index in [4.69, 9.17) is 0 Å². The van der Waals surface area contributed by atoms with Gasteiger partial charge in [-0.05, 0) is 13.0 Å². The van der Waals surface area contributed by atoms with Crippen LogP contribution in [0.2, 0.25) is 0 Å². The van der Waals surface area contributed by atoms with Gasteiger partial charge in [-0.3, -0.25) is 0 Å². The van der Waals surface area contributed by atoms with E-state index in [1.807, 2.05) is 7.05 Å². The van der Waals surface area contributed by atoms with Gasteiger partial charge in [-0.15, -0.1) is 0 Å². The molecule has 0 radical (unpaired) electrons. The fraction of sp³-hybridized carbons (Fsp3) is 0.778. The summed E-state index contributed by atoms with van der Waals surface area (Å²) in [5.74, 6) is 0. The molecule has 0 saturated carbocycles. The van der Waals surface area contributed by atoms with E-state index in [1.165, 1.54) is 0 Å². The second-order valence-corrected chi connectivity index (χ2v) is 4.09. The molecule has 1 aliphatic rings. The van der Waals surface area contributed by atoms with Gasteiger partial charge in [0.25, 0.3) is 0 Å². The van der Waals surface area contributed by atoms with Crippen LogP contribution in [-0.2, 0) is 13.5 Å². The maximum absolute atomic E-state index is 9.39. The Morgan fingerprint density at radius 1 is 1.71 bits per heavy atom. The Labute approximate surface area is 83.1 Å². The summed E-state index contributed by atoms with van der Waals surface area (Å²) in [6.07, 6.45) is 3.60. The van der Waals surface area contributed by atoms with Crippen LogP contribution < -0.4 is 5.32 Å². The van der Waals surface area contributed by atoms with Crippen molar-refractivity contribution in [3.63, 3.8) is 0 Å². The standard InChI is InChI=1S/C9H16N4O/c1-13-11-5-8(12-13)4-9(7-14)2-3-10-6-9/h5,10,14H,2-4,6-7H2,1H3. The number of aryl methyl sites for hydroxylation is 1. The number of hydrogen-bond acceptors (Lipinski definition) is 4. The third kappa shape index (κ3) is 1.78. The predicted octanol–water partition coefficient (Wildman–Crippen LogP) is -0.670. The second-order valence-electron chi connectivity index (χ2n) is 4.09. The molecule has 1 aromatic heterocycles. The van der Waals surface area contributed by atoms with Crippen molar-refractivity contribution in [2.45, 2.75) is 12.8 Å². The van der Waals surface area contributed by atoms with Crippen LogP contribution in [0.4, 0.5) is 0 Å². The molecule has 0 aromatic carbocycles. The Hall–Kier alpha value is -0.940. The van der Waals surface area contributed by atoms with Gasteiger partial charge in [-0.1, -0.05) is 0 Å². The normalized spacial score (nSPS) is 27.0. The molecule has 0 amide bonds. The van der Waals surface area contributed by atoms with E-state index < -0.39 is 0 Å². The lowest BCUT2D eigenvalue weighted by atomic mass is 9.83. The Morgan fingerprint density at radius 2 is 2.57 bits per heavy atom. The summed E-state index contributed by atoms with van der Waals surface area (Å²) in [6, 6.07) is 0. The van der Waals surface area contributed by atoms with Crippen molar-refractivity contribution < 1.29 is 5.11 Å². The summed E-state index contributed by atoms with van der Waals surface area (Å²) < 4.78 is 0. The minimum atomic E-state index is -0.0178. The van der Waals surface area contributed by atoms with Crippen LogP contribution in [0.5, 0.6) is 0 Å². The Kier molecular flexibility index (Phi) is 2.52. The molecule has 0 aliphatic carbocycles. The van der Waals surface area contributed by atoms with E-state index in [9.17, 15) is 5.11 Å². The fourth-order valence-corrected chi connectivity index (χ4v) is 1.99. The highest BCUT2D eigenvalue weighted by molar-refractivity contribution is 5.01. The molecule has 78 valence electrons. The van der Waals surface area contributed by atoms with Crippen molar-refractivity contribution in [2.75, 3.05) is 19.7 Å². The minimum Gasteiger partial charge on any atom is -0.396 e. The van der Waals surface area contributed by atoms with Crippen molar-refractivity contribution in [1.29, 1.82) is 0 Å². The second kappa shape index (κ2) is 3.67. The SMILES string of the molecule is Cn1ncc(CC2(CO)CCNC2)n1. The van der Waals surface area contributed by atoms with E-state index in [0.717, 1.165) is 31.6 Å². The number of aliphatic hydroxyl groups is 1. The molecule has 1 saturated heterocycles. The Balaban J connectivity index is 2.08. The summed E-state index contributed by atoms with van der Waals surface area (Å²) in [6.45, 7) is 2.08. The van der Waals surface area contributed by atoms with Gasteiger partial charge in [-0.25, -0.2) is 0 Å². The van der Waals surface area contributed by atoms with Gasteiger partial charge in [0.1, 0.15) is 0 Å². The molecule has 1 aliphatic heterocycles. The van der Waals surface area contributed by atoms with Crippen LogP contribution in [0, 0.1) is 5.41 Å². The molecule has 2 rings (SSSR count). The molecule has 5 heteroatoms. The van der Waals surface area contributed by atoms with Crippen LogP contribution in [-0.4, -0.2) is 39.8 Å². The van der Waals surface area contributed by atoms with Gasteiger partial charge < -0.3 is 10.4 Å². The van der Waals surface area contributed by atoms with Crippen molar-refractivity contribution in [3.8, 4) is 0 Å². The maximum Gasteiger partial charge on any atom is 0.0834 e. The van der Waals surface area contributed by atoms with Crippen molar-refractivity contribution in [1.82, 2.24) is 20.3 Å². The minimum absolute atomic E-state index is 0.0178. The zero-order chi connectivity index (χ0) is 10.0. The van der Waals surface area contributed by atoms with Gasteiger partial charge >= 0.3 is 0 Å². The zero-order valence-electron chi connectivity index (χ0n) is 8.40. The average Bonchev–Trinajstić information content (AvgIpc) is 2.77. The zero-order valence-corrected chi connectivity index (χ0v) is 8.40. The van der Waals surface area contributed by atoms with Crippen LogP contribution in [0.1, 0.15) is 12.1 Å². The first-order valence-electron chi connectivity index (χ1n) is 4.91. The summed E-state index contributed by atoms with van der Waals surface area (Å²) in [4.78, 5) is 1.56. The lowest BCUT2D eigenvalue weighted by Gasteiger charge is -2.23. The lowest BCUT2D eigenvalue weighted by molar-refractivity contribution is 0.141. The molecule has 1 aromatic rings. The van der Waals surface area contributed by atoms with Crippen LogP contribution >= 0.6 is 0 Å². The number of aromatic nitrogens is 3. The van der Waals surface area contributed by atoms with Crippen molar-refractivity contribution >= 4 is 0 Å². The van der Waals surface area contributed by atoms with Crippen molar-refractivity contribution in [2.24, 2.45) is 12.5 Å². The highest BCUT2D eigenvalue weighted by Crippen LogP contribution is 2.28. The number of nitrogens with zero attached hydrogens (tertiary/aromatic N) is 3. The lowest BCUT2D eigenvalue weighted by Crippen LogP contribution is -2.30. The molecular formula is C9H16N4O. The third-order valence-electron chi connectivity index (χ3n) is 2.87. The fourth-order valence-electron chi connectivity index (χ4n) is 1.99. The van der Waals surface area contributed by atoms with Gasteiger partial charge in [0.2, 0.25) is 0 Å².